The SMILES string of the molecule is CCc1sc(C(=O)N(CC)CC2COc3ccccc3O2)cc1C. The Labute approximate surface area is 147 Å². The van der Waals surface area contributed by atoms with Crippen LogP contribution in [0.25, 0.3) is 0 Å². The molecule has 0 aliphatic carbocycles. The molecule has 0 radical (unpaired) electrons. The van der Waals surface area contributed by atoms with Crippen molar-refractivity contribution in [2.75, 3.05) is 19.7 Å². The van der Waals surface area contributed by atoms with Gasteiger partial charge in [-0.2, -0.15) is 0 Å². The van der Waals surface area contributed by atoms with Crippen molar-refractivity contribution in [2.45, 2.75) is 33.3 Å². The van der Waals surface area contributed by atoms with E-state index in [-0.39, 0.29) is 12.0 Å². The van der Waals surface area contributed by atoms with E-state index in [1.54, 1.807) is 11.3 Å². The monoisotopic (exact) mass is 345 g/mol. The van der Waals surface area contributed by atoms with Crippen molar-refractivity contribution >= 4 is 17.2 Å². The smallest absolute Gasteiger partial charge is 0.264 e. The maximum atomic E-state index is 12.8. The number of carbonyl (C=O) groups excluding carboxylic acids is 1. The average molecular weight is 345 g/mol. The minimum absolute atomic E-state index is 0.0766. The molecule has 1 aliphatic heterocycles. The first kappa shape index (κ1) is 16.8. The van der Waals surface area contributed by atoms with Crippen LogP contribution < -0.4 is 9.47 Å². The van der Waals surface area contributed by atoms with Crippen molar-refractivity contribution in [3.05, 3.63) is 45.6 Å². The second kappa shape index (κ2) is 7.26. The summed E-state index contributed by atoms with van der Waals surface area (Å²) in [5.74, 6) is 1.59. The zero-order valence-corrected chi connectivity index (χ0v) is 15.2. The summed E-state index contributed by atoms with van der Waals surface area (Å²) in [7, 11) is 0. The van der Waals surface area contributed by atoms with Crippen LogP contribution in [0.4, 0.5) is 0 Å². The van der Waals surface area contributed by atoms with Gasteiger partial charge in [-0.15, -0.1) is 11.3 Å². The molecule has 0 N–H and O–H groups in total. The van der Waals surface area contributed by atoms with Crippen molar-refractivity contribution in [1.82, 2.24) is 4.90 Å². The van der Waals surface area contributed by atoms with Gasteiger partial charge in [0.1, 0.15) is 6.61 Å². The summed E-state index contributed by atoms with van der Waals surface area (Å²) in [6, 6.07) is 9.65. The summed E-state index contributed by atoms with van der Waals surface area (Å²) in [5.41, 5.74) is 1.20. The van der Waals surface area contributed by atoms with Crippen molar-refractivity contribution in [3.63, 3.8) is 0 Å². The molecule has 1 atom stereocenters. The first-order chi connectivity index (χ1) is 11.6. The fourth-order valence-electron chi connectivity index (χ4n) is 2.89. The molecule has 1 aromatic carbocycles. The van der Waals surface area contributed by atoms with Gasteiger partial charge in [-0.1, -0.05) is 19.1 Å². The normalized spacial score (nSPS) is 16.0. The van der Waals surface area contributed by atoms with Gasteiger partial charge in [-0.3, -0.25) is 4.79 Å². The Bertz CT molecular complexity index is 725. The third-order valence-corrected chi connectivity index (χ3v) is 5.58. The molecule has 0 spiro atoms. The van der Waals surface area contributed by atoms with Gasteiger partial charge in [-0.25, -0.2) is 0 Å². The molecule has 5 heteroatoms. The third-order valence-electron chi connectivity index (χ3n) is 4.21. The van der Waals surface area contributed by atoms with E-state index in [2.05, 4.69) is 13.8 Å². The highest BCUT2D eigenvalue weighted by atomic mass is 32.1. The molecular weight excluding hydrogens is 322 g/mol. The lowest BCUT2D eigenvalue weighted by atomic mass is 10.2. The van der Waals surface area contributed by atoms with Gasteiger partial charge < -0.3 is 14.4 Å². The topological polar surface area (TPSA) is 38.8 Å². The fraction of sp³-hybridized carbons (Fsp3) is 0.421. The molecule has 0 bridgehead atoms. The van der Waals surface area contributed by atoms with E-state index in [9.17, 15) is 4.79 Å². The van der Waals surface area contributed by atoms with Crippen molar-refractivity contribution in [2.24, 2.45) is 0 Å². The maximum Gasteiger partial charge on any atom is 0.264 e. The summed E-state index contributed by atoms with van der Waals surface area (Å²) in [6.07, 6.45) is 0.821. The number of hydrogen-bond donors (Lipinski definition) is 0. The molecular formula is C19H23NO3S. The van der Waals surface area contributed by atoms with Gasteiger partial charge in [0.05, 0.1) is 11.4 Å². The van der Waals surface area contributed by atoms with Crippen LogP contribution in [0.5, 0.6) is 11.5 Å². The molecule has 4 nitrogen and oxygen atoms in total. The summed E-state index contributed by atoms with van der Waals surface area (Å²) >= 11 is 1.60. The molecule has 1 aromatic heterocycles. The molecule has 128 valence electrons. The van der Waals surface area contributed by atoms with E-state index < -0.39 is 0 Å². The molecule has 24 heavy (non-hydrogen) atoms. The van der Waals surface area contributed by atoms with Crippen LogP contribution in [0.2, 0.25) is 0 Å². The molecule has 2 aromatic rings. The fourth-order valence-corrected chi connectivity index (χ4v) is 3.97. The molecule has 2 heterocycles. The first-order valence-electron chi connectivity index (χ1n) is 8.39. The van der Waals surface area contributed by atoms with Crippen LogP contribution in [0.3, 0.4) is 0 Å². The van der Waals surface area contributed by atoms with Crippen LogP contribution >= 0.6 is 11.3 Å². The molecule has 0 saturated heterocycles. The molecule has 0 saturated carbocycles. The van der Waals surface area contributed by atoms with Crippen LogP contribution in [0.1, 0.15) is 34.0 Å². The van der Waals surface area contributed by atoms with E-state index in [0.29, 0.717) is 19.7 Å². The average Bonchev–Trinajstić information content (AvgIpc) is 2.99. The predicted octanol–water partition coefficient (Wildman–Crippen LogP) is 3.92. The van der Waals surface area contributed by atoms with E-state index in [4.69, 9.17) is 9.47 Å². The number of fused-ring (bicyclic) bond motifs is 1. The van der Waals surface area contributed by atoms with Gasteiger partial charge in [0.25, 0.3) is 5.91 Å². The Morgan fingerprint density at radius 2 is 2.04 bits per heavy atom. The Hall–Kier alpha value is -2.01. The molecule has 1 amide bonds. The molecule has 0 fully saturated rings. The first-order valence-corrected chi connectivity index (χ1v) is 9.21. The highest BCUT2D eigenvalue weighted by molar-refractivity contribution is 7.14. The van der Waals surface area contributed by atoms with Crippen molar-refractivity contribution in [1.29, 1.82) is 0 Å². The Balaban J connectivity index is 1.69. The second-order valence-electron chi connectivity index (χ2n) is 5.91. The number of benzene rings is 1. The second-order valence-corrected chi connectivity index (χ2v) is 7.05. The number of para-hydroxylation sites is 2. The number of aryl methyl sites for hydroxylation is 2. The molecule has 1 unspecified atom stereocenters. The predicted molar refractivity (Wildman–Crippen MR) is 96.4 cm³/mol. The van der Waals surface area contributed by atoms with Crippen molar-refractivity contribution < 1.29 is 14.3 Å². The quantitative estimate of drug-likeness (QED) is 0.824. The van der Waals surface area contributed by atoms with Gasteiger partial charge >= 0.3 is 0 Å². The zero-order chi connectivity index (χ0) is 17.1. The number of thiophene rings is 1. The zero-order valence-electron chi connectivity index (χ0n) is 14.4. The van der Waals surface area contributed by atoms with Gasteiger partial charge in [0.15, 0.2) is 17.6 Å². The highest BCUT2D eigenvalue weighted by Crippen LogP contribution is 2.31. The number of hydrogen-bond acceptors (Lipinski definition) is 4. The summed E-state index contributed by atoms with van der Waals surface area (Å²) in [4.78, 5) is 16.7. The lowest BCUT2D eigenvalue weighted by molar-refractivity contribution is 0.0478. The van der Waals surface area contributed by atoms with Crippen LogP contribution in [0.15, 0.2) is 30.3 Å². The van der Waals surface area contributed by atoms with Gasteiger partial charge in [0.2, 0.25) is 0 Å². The van der Waals surface area contributed by atoms with Crippen molar-refractivity contribution in [3.8, 4) is 11.5 Å². The van der Waals surface area contributed by atoms with E-state index in [0.717, 1.165) is 22.8 Å². The van der Waals surface area contributed by atoms with Crippen LogP contribution in [-0.2, 0) is 6.42 Å². The van der Waals surface area contributed by atoms with E-state index in [1.807, 2.05) is 42.2 Å². The number of rotatable bonds is 5. The lowest BCUT2D eigenvalue weighted by Gasteiger charge is -2.30. The molecule has 3 rings (SSSR count). The van der Waals surface area contributed by atoms with Crippen LogP contribution in [-0.4, -0.2) is 36.6 Å². The summed E-state index contributed by atoms with van der Waals surface area (Å²) < 4.78 is 11.7. The third kappa shape index (κ3) is 3.41. The number of carbonyl (C=O) groups is 1. The number of amides is 1. The largest absolute Gasteiger partial charge is 0.486 e. The minimum atomic E-state index is -0.143. The number of likely N-dealkylation sites (N-methyl/N-ethyl adjacent to an activating group) is 1. The Morgan fingerprint density at radius 1 is 1.29 bits per heavy atom. The molecule has 1 aliphatic rings. The van der Waals surface area contributed by atoms with E-state index >= 15 is 0 Å². The number of ether oxygens (including phenoxy) is 2. The lowest BCUT2D eigenvalue weighted by Crippen LogP contribution is -2.43. The minimum Gasteiger partial charge on any atom is -0.486 e. The Kier molecular flexibility index (Phi) is 5.09. The Morgan fingerprint density at radius 3 is 2.71 bits per heavy atom. The summed E-state index contributed by atoms with van der Waals surface area (Å²) in [5, 5.41) is 0. The number of nitrogens with zero attached hydrogens (tertiary/aromatic N) is 1. The standard InChI is InChI=1S/C19H23NO3S/c1-4-17-13(3)10-18(24-17)19(21)20(5-2)11-14-12-22-15-8-6-7-9-16(15)23-14/h6-10,14H,4-5,11-12H2,1-3H3. The maximum absolute atomic E-state index is 12.8. The van der Waals surface area contributed by atoms with Gasteiger partial charge in [-0.05, 0) is 44.0 Å². The van der Waals surface area contributed by atoms with Gasteiger partial charge in [0, 0.05) is 11.4 Å². The highest BCUT2D eigenvalue weighted by Gasteiger charge is 2.26. The summed E-state index contributed by atoms with van der Waals surface area (Å²) in [6.45, 7) is 7.83. The van der Waals surface area contributed by atoms with Crippen LogP contribution in [0, 0.1) is 6.92 Å². The van der Waals surface area contributed by atoms with E-state index in [1.165, 1.54) is 10.4 Å².